The molecule has 36 heavy (non-hydrogen) atoms. The molecule has 1 atom stereocenters. The molecule has 1 unspecified atom stereocenters. The molecule has 1 amide bonds. The fraction of sp³-hybridized carbons (Fsp3) is 0.103. The van der Waals surface area contributed by atoms with Crippen LogP contribution in [0.5, 0.6) is 5.75 Å². The standard InChI is InChI=1S/C29H27N3O2S2/c1-2-34-26-19-10-9-18-25(26)32-28(33)27(21-12-5-3-6-13-21)36-24-17-11-16-23(20-24)31-29(35)30-22-14-7-4-8-15-22/h3-20,27H,2H2,1H3,(H,32,33)(H2,30,31,35). The molecule has 4 aromatic carbocycles. The van der Waals surface area contributed by atoms with Gasteiger partial charge in [0, 0.05) is 16.3 Å². The molecule has 0 spiro atoms. The lowest BCUT2D eigenvalue weighted by Crippen LogP contribution is -2.20. The second-order valence-corrected chi connectivity index (χ2v) is 9.39. The normalized spacial score (nSPS) is 11.2. The first-order valence-electron chi connectivity index (χ1n) is 11.6. The molecule has 0 aromatic heterocycles. The quantitative estimate of drug-likeness (QED) is 0.160. The van der Waals surface area contributed by atoms with E-state index in [0.29, 0.717) is 23.2 Å². The number of anilines is 3. The van der Waals surface area contributed by atoms with Gasteiger partial charge in [-0.3, -0.25) is 4.79 Å². The third-order valence-electron chi connectivity index (χ3n) is 5.16. The van der Waals surface area contributed by atoms with E-state index in [4.69, 9.17) is 17.0 Å². The summed E-state index contributed by atoms with van der Waals surface area (Å²) in [5.41, 5.74) is 3.31. The number of carbonyl (C=O) groups is 1. The summed E-state index contributed by atoms with van der Waals surface area (Å²) in [4.78, 5) is 14.4. The van der Waals surface area contributed by atoms with E-state index in [-0.39, 0.29) is 5.91 Å². The predicted octanol–water partition coefficient (Wildman–Crippen LogP) is 7.37. The van der Waals surface area contributed by atoms with E-state index in [2.05, 4.69) is 16.0 Å². The number of thiocarbonyl (C=S) groups is 1. The van der Waals surface area contributed by atoms with Crippen molar-refractivity contribution in [3.63, 3.8) is 0 Å². The predicted molar refractivity (Wildman–Crippen MR) is 154 cm³/mol. The molecule has 0 bridgehead atoms. The van der Waals surface area contributed by atoms with Crippen LogP contribution in [-0.2, 0) is 4.79 Å². The molecule has 4 rings (SSSR count). The topological polar surface area (TPSA) is 62.4 Å². The molecule has 0 aliphatic rings. The van der Waals surface area contributed by atoms with Crippen molar-refractivity contribution >= 4 is 52.1 Å². The number of carbonyl (C=O) groups excluding carboxylic acids is 1. The number of nitrogens with one attached hydrogen (secondary N) is 3. The highest BCUT2D eigenvalue weighted by Crippen LogP contribution is 2.38. The first-order valence-corrected chi connectivity index (χ1v) is 12.9. The van der Waals surface area contributed by atoms with E-state index >= 15 is 0 Å². The Hall–Kier alpha value is -3.81. The minimum Gasteiger partial charge on any atom is -0.492 e. The van der Waals surface area contributed by atoms with Crippen molar-refractivity contribution in [3.8, 4) is 5.75 Å². The highest BCUT2D eigenvalue weighted by molar-refractivity contribution is 8.00. The van der Waals surface area contributed by atoms with Gasteiger partial charge in [0.05, 0.1) is 12.3 Å². The number of para-hydroxylation sites is 3. The van der Waals surface area contributed by atoms with Crippen LogP contribution in [0.15, 0.2) is 114 Å². The van der Waals surface area contributed by atoms with E-state index in [1.54, 1.807) is 0 Å². The van der Waals surface area contributed by atoms with Crippen LogP contribution >= 0.6 is 24.0 Å². The second kappa shape index (κ2) is 12.8. The number of ether oxygens (including phenoxy) is 1. The van der Waals surface area contributed by atoms with Crippen molar-refractivity contribution in [2.45, 2.75) is 17.1 Å². The monoisotopic (exact) mass is 513 g/mol. The zero-order valence-corrected chi connectivity index (χ0v) is 21.4. The van der Waals surface area contributed by atoms with Gasteiger partial charge in [0.25, 0.3) is 0 Å². The third kappa shape index (κ3) is 7.10. The molecule has 0 aliphatic heterocycles. The Morgan fingerprint density at radius 3 is 2.19 bits per heavy atom. The van der Waals surface area contributed by atoms with E-state index in [1.165, 1.54) is 11.8 Å². The van der Waals surface area contributed by atoms with E-state index in [9.17, 15) is 4.79 Å². The molecular formula is C29H27N3O2S2. The largest absolute Gasteiger partial charge is 0.492 e. The highest BCUT2D eigenvalue weighted by atomic mass is 32.2. The summed E-state index contributed by atoms with van der Waals surface area (Å²) in [7, 11) is 0. The Morgan fingerprint density at radius 2 is 1.44 bits per heavy atom. The maximum Gasteiger partial charge on any atom is 0.242 e. The fourth-order valence-electron chi connectivity index (χ4n) is 3.55. The molecule has 0 aliphatic carbocycles. The molecule has 3 N–H and O–H groups in total. The third-order valence-corrected chi connectivity index (χ3v) is 6.61. The van der Waals surface area contributed by atoms with Crippen molar-refractivity contribution < 1.29 is 9.53 Å². The van der Waals surface area contributed by atoms with Gasteiger partial charge in [0.2, 0.25) is 5.91 Å². The minimum absolute atomic E-state index is 0.127. The van der Waals surface area contributed by atoms with Crippen LogP contribution < -0.4 is 20.7 Å². The van der Waals surface area contributed by atoms with Gasteiger partial charge in [-0.2, -0.15) is 0 Å². The maximum atomic E-state index is 13.5. The van der Waals surface area contributed by atoms with E-state index < -0.39 is 5.25 Å². The highest BCUT2D eigenvalue weighted by Gasteiger charge is 2.23. The maximum absolute atomic E-state index is 13.5. The molecule has 0 fully saturated rings. The number of amides is 1. The van der Waals surface area contributed by atoms with Crippen molar-refractivity contribution in [1.29, 1.82) is 0 Å². The van der Waals surface area contributed by atoms with Gasteiger partial charge in [0.1, 0.15) is 11.0 Å². The molecule has 0 radical (unpaired) electrons. The van der Waals surface area contributed by atoms with Crippen LogP contribution in [0.1, 0.15) is 17.7 Å². The summed E-state index contributed by atoms with van der Waals surface area (Å²) in [6, 6.07) is 34.8. The number of thioether (sulfide) groups is 1. The zero-order valence-electron chi connectivity index (χ0n) is 19.8. The molecule has 0 saturated heterocycles. The van der Waals surface area contributed by atoms with Crippen LogP contribution in [0.2, 0.25) is 0 Å². The summed E-state index contributed by atoms with van der Waals surface area (Å²) >= 11 is 6.95. The summed E-state index contributed by atoms with van der Waals surface area (Å²) < 4.78 is 5.69. The van der Waals surface area contributed by atoms with Gasteiger partial charge in [0.15, 0.2) is 5.11 Å². The Morgan fingerprint density at radius 1 is 0.806 bits per heavy atom. The van der Waals surface area contributed by atoms with Crippen LogP contribution in [0.3, 0.4) is 0 Å². The first-order chi connectivity index (χ1) is 17.6. The fourth-order valence-corrected chi connectivity index (χ4v) is 4.87. The first kappa shape index (κ1) is 25.3. The molecule has 0 heterocycles. The number of rotatable bonds is 9. The van der Waals surface area contributed by atoms with Gasteiger partial charge < -0.3 is 20.7 Å². The van der Waals surface area contributed by atoms with Gasteiger partial charge in [-0.05, 0) is 67.2 Å². The Labute approximate surface area is 221 Å². The Kier molecular flexibility index (Phi) is 8.97. The molecule has 7 heteroatoms. The summed E-state index contributed by atoms with van der Waals surface area (Å²) in [5, 5.41) is 9.48. The van der Waals surface area contributed by atoms with Crippen LogP contribution in [0, 0.1) is 0 Å². The zero-order chi connectivity index (χ0) is 25.2. The average molecular weight is 514 g/mol. The van der Waals surface area contributed by atoms with Gasteiger partial charge in [-0.25, -0.2) is 0 Å². The van der Waals surface area contributed by atoms with Crippen molar-refractivity contribution in [1.82, 2.24) is 0 Å². The Balaban J connectivity index is 1.51. The van der Waals surface area contributed by atoms with Gasteiger partial charge >= 0.3 is 0 Å². The molecule has 5 nitrogen and oxygen atoms in total. The summed E-state index contributed by atoms with van der Waals surface area (Å²) in [6.45, 7) is 2.44. The second-order valence-electron chi connectivity index (χ2n) is 7.80. The van der Waals surface area contributed by atoms with Crippen LogP contribution in [0.4, 0.5) is 17.1 Å². The number of hydrogen-bond donors (Lipinski definition) is 3. The van der Waals surface area contributed by atoms with Crippen LogP contribution in [0.25, 0.3) is 0 Å². The minimum atomic E-state index is -0.467. The molecule has 4 aromatic rings. The van der Waals surface area contributed by atoms with Crippen LogP contribution in [-0.4, -0.2) is 17.6 Å². The lowest BCUT2D eigenvalue weighted by Gasteiger charge is -2.19. The van der Waals surface area contributed by atoms with Crippen molar-refractivity contribution in [3.05, 3.63) is 115 Å². The number of benzene rings is 4. The number of hydrogen-bond acceptors (Lipinski definition) is 4. The van der Waals surface area contributed by atoms with Crippen molar-refractivity contribution in [2.24, 2.45) is 0 Å². The Bertz CT molecular complexity index is 1300. The summed E-state index contributed by atoms with van der Waals surface area (Å²) in [5.74, 6) is 0.522. The molecular weight excluding hydrogens is 486 g/mol. The lowest BCUT2D eigenvalue weighted by molar-refractivity contribution is -0.115. The molecule has 182 valence electrons. The van der Waals surface area contributed by atoms with E-state index in [1.807, 2.05) is 116 Å². The van der Waals surface area contributed by atoms with Gasteiger partial charge in [-0.1, -0.05) is 66.7 Å². The summed E-state index contributed by atoms with van der Waals surface area (Å²) in [6.07, 6.45) is 0. The SMILES string of the molecule is CCOc1ccccc1NC(=O)C(Sc1cccc(NC(=S)Nc2ccccc2)c1)c1ccccc1. The van der Waals surface area contributed by atoms with Crippen molar-refractivity contribution in [2.75, 3.05) is 22.6 Å². The lowest BCUT2D eigenvalue weighted by atomic mass is 10.1. The average Bonchev–Trinajstić information content (AvgIpc) is 2.90. The van der Waals surface area contributed by atoms with E-state index in [0.717, 1.165) is 21.8 Å². The van der Waals surface area contributed by atoms with Gasteiger partial charge in [-0.15, -0.1) is 11.8 Å². The smallest absolute Gasteiger partial charge is 0.242 e. The molecule has 0 saturated carbocycles.